The summed E-state index contributed by atoms with van der Waals surface area (Å²) in [5, 5.41) is 12.6. The molecule has 3 aromatic carbocycles. The second-order valence-electron chi connectivity index (χ2n) is 10.2. The summed E-state index contributed by atoms with van der Waals surface area (Å²) >= 11 is 0. The highest BCUT2D eigenvalue weighted by Gasteiger charge is 2.43. The van der Waals surface area contributed by atoms with Gasteiger partial charge in [0, 0.05) is 26.4 Å². The first-order chi connectivity index (χ1) is 18.9. The Kier molecular flexibility index (Phi) is 8.27. The van der Waals surface area contributed by atoms with Gasteiger partial charge in [0.1, 0.15) is 11.5 Å². The van der Waals surface area contributed by atoms with Crippen LogP contribution in [0.25, 0.3) is 0 Å². The number of likely N-dealkylation sites (N-methyl/N-ethyl adjacent to an activating group) is 1. The number of nitrogens with zero attached hydrogens (tertiary/aromatic N) is 1. The molecule has 0 radical (unpaired) electrons. The number of carboxylic acid groups (broad SMARTS) is 1. The van der Waals surface area contributed by atoms with E-state index in [1.807, 2.05) is 6.07 Å². The SMILES string of the molecule is CN1C(=O)NCC1(CCOc1ccc(CC(C)(Oc2ccccc2)C(=O)O)cc1)Cc1cccc(C(F)(F)F)c1. The molecule has 212 valence electrons. The van der Waals surface area contributed by atoms with Crippen molar-refractivity contribution in [3.05, 3.63) is 95.6 Å². The van der Waals surface area contributed by atoms with Gasteiger partial charge in [0.05, 0.1) is 17.7 Å². The first-order valence-electron chi connectivity index (χ1n) is 12.8. The fraction of sp³-hybridized carbons (Fsp3) is 0.333. The molecule has 1 aliphatic rings. The van der Waals surface area contributed by atoms with Crippen LogP contribution in [0.4, 0.5) is 18.0 Å². The summed E-state index contributed by atoms with van der Waals surface area (Å²) in [5.41, 5.74) is -1.77. The quantitative estimate of drug-likeness (QED) is 0.322. The zero-order valence-electron chi connectivity index (χ0n) is 22.2. The molecule has 4 rings (SSSR count). The number of aliphatic carboxylic acids is 1. The number of para-hydroxylation sites is 1. The van der Waals surface area contributed by atoms with Crippen LogP contribution in [0.15, 0.2) is 78.9 Å². The van der Waals surface area contributed by atoms with Crippen molar-refractivity contribution >= 4 is 12.0 Å². The fourth-order valence-corrected chi connectivity index (χ4v) is 4.81. The normalized spacial score (nSPS) is 18.6. The lowest BCUT2D eigenvalue weighted by Crippen LogP contribution is -2.48. The molecular formula is C30H31F3N2O5. The Morgan fingerprint density at radius 1 is 1.00 bits per heavy atom. The zero-order valence-corrected chi connectivity index (χ0v) is 22.2. The minimum absolute atomic E-state index is 0.121. The lowest BCUT2D eigenvalue weighted by Gasteiger charge is -2.35. The minimum Gasteiger partial charge on any atom is -0.494 e. The van der Waals surface area contributed by atoms with E-state index in [0.717, 1.165) is 17.7 Å². The van der Waals surface area contributed by atoms with Crippen molar-refractivity contribution in [2.24, 2.45) is 0 Å². The van der Waals surface area contributed by atoms with Crippen LogP contribution in [0.5, 0.6) is 11.5 Å². The van der Waals surface area contributed by atoms with Crippen LogP contribution >= 0.6 is 0 Å². The third-order valence-electron chi connectivity index (χ3n) is 7.21. The van der Waals surface area contributed by atoms with Gasteiger partial charge in [-0.05, 0) is 54.8 Å². The minimum atomic E-state index is -4.45. The van der Waals surface area contributed by atoms with E-state index in [9.17, 15) is 27.9 Å². The van der Waals surface area contributed by atoms with Gasteiger partial charge in [0.25, 0.3) is 0 Å². The van der Waals surface area contributed by atoms with E-state index in [4.69, 9.17) is 9.47 Å². The molecule has 2 N–H and O–H groups in total. The lowest BCUT2D eigenvalue weighted by molar-refractivity contribution is -0.153. The van der Waals surface area contributed by atoms with Gasteiger partial charge < -0.3 is 24.8 Å². The molecule has 1 fully saturated rings. The average Bonchev–Trinajstić information content (AvgIpc) is 3.18. The molecule has 10 heteroatoms. The second-order valence-corrected chi connectivity index (χ2v) is 10.2. The number of rotatable bonds is 11. The number of carbonyl (C=O) groups is 2. The number of alkyl halides is 3. The van der Waals surface area contributed by atoms with E-state index >= 15 is 0 Å². The predicted octanol–water partition coefficient (Wildman–Crippen LogP) is 5.58. The maximum absolute atomic E-state index is 13.2. The van der Waals surface area contributed by atoms with E-state index < -0.39 is 28.8 Å². The molecular weight excluding hydrogens is 525 g/mol. The number of amides is 2. The van der Waals surface area contributed by atoms with Gasteiger partial charge in [-0.1, -0.05) is 48.5 Å². The number of hydrogen-bond acceptors (Lipinski definition) is 4. The lowest BCUT2D eigenvalue weighted by atomic mass is 9.87. The Balaban J connectivity index is 1.40. The van der Waals surface area contributed by atoms with Crippen LogP contribution in [0, 0.1) is 0 Å². The van der Waals surface area contributed by atoms with Crippen molar-refractivity contribution < 1.29 is 37.3 Å². The molecule has 2 amide bonds. The van der Waals surface area contributed by atoms with E-state index in [2.05, 4.69) is 5.32 Å². The molecule has 0 saturated carbocycles. The topological polar surface area (TPSA) is 88.1 Å². The Morgan fingerprint density at radius 2 is 1.70 bits per heavy atom. The van der Waals surface area contributed by atoms with Gasteiger partial charge in [0.2, 0.25) is 5.60 Å². The number of carbonyl (C=O) groups excluding carboxylic acids is 1. The van der Waals surface area contributed by atoms with Gasteiger partial charge in [-0.25, -0.2) is 9.59 Å². The fourth-order valence-electron chi connectivity index (χ4n) is 4.81. The van der Waals surface area contributed by atoms with Crippen LogP contribution in [0.3, 0.4) is 0 Å². The third-order valence-corrected chi connectivity index (χ3v) is 7.21. The number of ether oxygens (including phenoxy) is 2. The van der Waals surface area contributed by atoms with Gasteiger partial charge in [0.15, 0.2) is 0 Å². The zero-order chi connectivity index (χ0) is 29.0. The number of hydrogen-bond donors (Lipinski definition) is 2. The molecule has 7 nitrogen and oxygen atoms in total. The Morgan fingerprint density at radius 3 is 2.30 bits per heavy atom. The Labute approximate surface area is 230 Å². The van der Waals surface area contributed by atoms with E-state index in [0.29, 0.717) is 23.5 Å². The molecule has 0 aromatic heterocycles. The molecule has 2 unspecified atom stereocenters. The van der Waals surface area contributed by atoms with E-state index in [1.54, 1.807) is 61.6 Å². The van der Waals surface area contributed by atoms with Crippen LogP contribution < -0.4 is 14.8 Å². The number of halogens is 3. The highest BCUT2D eigenvalue weighted by molar-refractivity contribution is 5.78. The maximum atomic E-state index is 13.2. The number of urea groups is 1. The van der Waals surface area contributed by atoms with Gasteiger partial charge in [-0.15, -0.1) is 0 Å². The first kappa shape index (κ1) is 28.8. The average molecular weight is 557 g/mol. The van der Waals surface area contributed by atoms with Crippen molar-refractivity contribution in [1.29, 1.82) is 0 Å². The van der Waals surface area contributed by atoms with Crippen molar-refractivity contribution in [2.45, 2.75) is 43.5 Å². The Bertz CT molecular complexity index is 1330. The number of benzene rings is 3. The first-order valence-corrected chi connectivity index (χ1v) is 12.8. The summed E-state index contributed by atoms with van der Waals surface area (Å²) in [6, 6.07) is 20.5. The predicted molar refractivity (Wildman–Crippen MR) is 142 cm³/mol. The highest BCUT2D eigenvalue weighted by Crippen LogP contribution is 2.33. The molecule has 1 aliphatic heterocycles. The second kappa shape index (κ2) is 11.5. The summed E-state index contributed by atoms with van der Waals surface area (Å²) in [7, 11) is 1.63. The summed E-state index contributed by atoms with van der Waals surface area (Å²) in [6.45, 7) is 2.00. The maximum Gasteiger partial charge on any atom is 0.416 e. The van der Waals surface area contributed by atoms with Crippen LogP contribution in [-0.4, -0.2) is 53.3 Å². The molecule has 2 atom stereocenters. The highest BCUT2D eigenvalue weighted by atomic mass is 19.4. The molecule has 1 heterocycles. The molecule has 0 spiro atoms. The van der Waals surface area contributed by atoms with Gasteiger partial charge >= 0.3 is 18.2 Å². The van der Waals surface area contributed by atoms with Crippen molar-refractivity contribution in [1.82, 2.24) is 10.2 Å². The largest absolute Gasteiger partial charge is 0.494 e. The summed E-state index contributed by atoms with van der Waals surface area (Å²) in [5.74, 6) is -0.0956. The third kappa shape index (κ3) is 6.67. The van der Waals surface area contributed by atoms with E-state index in [1.165, 1.54) is 17.9 Å². The molecule has 0 aliphatic carbocycles. The monoisotopic (exact) mass is 556 g/mol. The number of nitrogens with one attached hydrogen (secondary N) is 1. The van der Waals surface area contributed by atoms with E-state index in [-0.39, 0.29) is 32.0 Å². The smallest absolute Gasteiger partial charge is 0.416 e. The van der Waals surface area contributed by atoms with Gasteiger partial charge in [-0.3, -0.25) is 0 Å². The molecule has 3 aromatic rings. The molecule has 1 saturated heterocycles. The number of carboxylic acids is 1. The van der Waals surface area contributed by atoms with Crippen LogP contribution in [0.1, 0.15) is 30.0 Å². The summed E-state index contributed by atoms with van der Waals surface area (Å²) in [4.78, 5) is 25.8. The van der Waals surface area contributed by atoms with Crippen LogP contribution in [0.2, 0.25) is 0 Å². The van der Waals surface area contributed by atoms with Gasteiger partial charge in [-0.2, -0.15) is 13.2 Å². The summed E-state index contributed by atoms with van der Waals surface area (Å²) < 4.78 is 51.4. The van der Waals surface area contributed by atoms with Crippen LogP contribution in [-0.2, 0) is 23.8 Å². The summed E-state index contributed by atoms with van der Waals surface area (Å²) in [6.07, 6.45) is -3.73. The standard InChI is InChI=1S/C30H31F3N2O5/c1-28(26(36)37,40-25-9-4-3-5-10-25)18-21-11-13-24(14-12-21)39-16-15-29(20-34-27(38)35(29)2)19-22-7-6-8-23(17-22)30(31,32)33/h3-14,17H,15-16,18-20H2,1-2H3,(H,34,38)(H,36,37). The van der Waals surface area contributed by atoms with Crippen molar-refractivity contribution in [3.8, 4) is 11.5 Å². The Hall–Kier alpha value is -4.21. The molecule has 40 heavy (non-hydrogen) atoms. The van der Waals surface area contributed by atoms with Crippen molar-refractivity contribution in [3.63, 3.8) is 0 Å². The molecule has 0 bridgehead atoms. The van der Waals surface area contributed by atoms with Crippen molar-refractivity contribution in [2.75, 3.05) is 20.2 Å².